The van der Waals surface area contributed by atoms with Gasteiger partial charge in [-0.15, -0.1) is 23.1 Å². The monoisotopic (exact) mass is 308 g/mol. The van der Waals surface area contributed by atoms with Crippen molar-refractivity contribution in [3.8, 4) is 0 Å². The van der Waals surface area contributed by atoms with E-state index in [1.807, 2.05) is 29.6 Å². The summed E-state index contributed by atoms with van der Waals surface area (Å²) in [6, 6.07) is 6.55. The normalized spacial score (nSPS) is 18.4. The molecule has 1 aromatic heterocycles. The third kappa shape index (κ3) is 2.46. The molecule has 1 aliphatic heterocycles. The first-order chi connectivity index (χ1) is 9.65. The molecular formula is C13H12N2O3S2. The van der Waals surface area contributed by atoms with Gasteiger partial charge in [-0.2, -0.15) is 0 Å². The molecule has 7 heteroatoms. The highest BCUT2D eigenvalue weighted by atomic mass is 32.2. The molecule has 1 atom stereocenters. The molecule has 3 rings (SSSR count). The smallest absolute Gasteiger partial charge is 0.327 e. The van der Waals surface area contributed by atoms with E-state index in [-0.39, 0.29) is 6.03 Å². The highest BCUT2D eigenvalue weighted by Crippen LogP contribution is 2.26. The SMILES string of the molecule is O=C(O)[C@@H]1CSCN1C(=O)Nc1ccc2sccc2c1. The maximum absolute atomic E-state index is 12.1. The zero-order valence-corrected chi connectivity index (χ0v) is 12.0. The molecule has 0 bridgehead atoms. The Labute approximate surface area is 123 Å². The van der Waals surface area contributed by atoms with Gasteiger partial charge < -0.3 is 15.3 Å². The number of amides is 2. The van der Waals surface area contributed by atoms with Gasteiger partial charge in [-0.3, -0.25) is 0 Å². The number of carboxylic acid groups (broad SMARTS) is 1. The topological polar surface area (TPSA) is 69.6 Å². The number of nitrogens with zero attached hydrogens (tertiary/aromatic N) is 1. The van der Waals surface area contributed by atoms with E-state index in [0.717, 1.165) is 10.1 Å². The quantitative estimate of drug-likeness (QED) is 0.895. The molecule has 2 aromatic rings. The molecule has 0 saturated carbocycles. The summed E-state index contributed by atoms with van der Waals surface area (Å²) < 4.78 is 1.16. The van der Waals surface area contributed by atoms with Crippen LogP contribution in [0.1, 0.15) is 0 Å². The van der Waals surface area contributed by atoms with Gasteiger partial charge in [0.05, 0.1) is 5.88 Å². The Kier molecular flexibility index (Phi) is 3.54. The Balaban J connectivity index is 1.76. The lowest BCUT2D eigenvalue weighted by atomic mass is 10.2. The van der Waals surface area contributed by atoms with Crippen molar-refractivity contribution in [1.29, 1.82) is 0 Å². The molecular weight excluding hydrogens is 296 g/mol. The Morgan fingerprint density at radius 3 is 3.00 bits per heavy atom. The van der Waals surface area contributed by atoms with Crippen LogP contribution in [0.4, 0.5) is 10.5 Å². The summed E-state index contributed by atoms with van der Waals surface area (Å²) in [5.41, 5.74) is 0.682. The second-order valence-corrected chi connectivity index (χ2v) is 6.37. The summed E-state index contributed by atoms with van der Waals surface area (Å²) in [4.78, 5) is 24.6. The third-order valence-electron chi connectivity index (χ3n) is 3.13. The number of benzene rings is 1. The van der Waals surface area contributed by atoms with Crippen LogP contribution in [0.15, 0.2) is 29.6 Å². The number of carbonyl (C=O) groups is 2. The highest BCUT2D eigenvalue weighted by molar-refractivity contribution is 7.99. The van der Waals surface area contributed by atoms with Gasteiger partial charge in [-0.05, 0) is 35.0 Å². The summed E-state index contributed by atoms with van der Waals surface area (Å²) in [6.07, 6.45) is 0. The van der Waals surface area contributed by atoms with E-state index >= 15 is 0 Å². The van der Waals surface area contributed by atoms with Gasteiger partial charge in [0.25, 0.3) is 0 Å². The standard InChI is InChI=1S/C13H12N2O3S2/c16-12(17)10-6-19-7-15(10)13(18)14-9-1-2-11-8(5-9)3-4-20-11/h1-5,10H,6-7H2,(H,14,18)(H,16,17)/t10-/m0/s1. The number of carboxylic acids is 1. The number of aliphatic carboxylic acids is 1. The van der Waals surface area contributed by atoms with Crippen molar-refractivity contribution < 1.29 is 14.7 Å². The van der Waals surface area contributed by atoms with E-state index in [9.17, 15) is 9.59 Å². The van der Waals surface area contributed by atoms with E-state index in [4.69, 9.17) is 5.11 Å². The minimum atomic E-state index is -0.960. The van der Waals surface area contributed by atoms with Crippen molar-refractivity contribution in [3.05, 3.63) is 29.6 Å². The molecule has 5 nitrogen and oxygen atoms in total. The fourth-order valence-electron chi connectivity index (χ4n) is 2.09. The molecule has 0 radical (unpaired) electrons. The van der Waals surface area contributed by atoms with Gasteiger partial charge in [0, 0.05) is 16.1 Å². The Morgan fingerprint density at radius 2 is 2.20 bits per heavy atom. The number of thioether (sulfide) groups is 1. The summed E-state index contributed by atoms with van der Waals surface area (Å²) >= 11 is 3.09. The predicted octanol–water partition coefficient (Wildman–Crippen LogP) is 2.89. The molecule has 0 spiro atoms. The zero-order valence-electron chi connectivity index (χ0n) is 10.4. The zero-order chi connectivity index (χ0) is 14.1. The van der Waals surface area contributed by atoms with E-state index in [0.29, 0.717) is 17.3 Å². The summed E-state index contributed by atoms with van der Waals surface area (Å²) in [6.45, 7) is 0. The largest absolute Gasteiger partial charge is 0.480 e. The van der Waals surface area contributed by atoms with E-state index < -0.39 is 12.0 Å². The average Bonchev–Trinajstić information content (AvgIpc) is 3.06. The van der Waals surface area contributed by atoms with E-state index in [1.54, 1.807) is 11.3 Å². The van der Waals surface area contributed by atoms with Crippen molar-refractivity contribution in [2.24, 2.45) is 0 Å². The summed E-state index contributed by atoms with van der Waals surface area (Å²) in [5.74, 6) is -0.117. The first-order valence-electron chi connectivity index (χ1n) is 6.00. The van der Waals surface area contributed by atoms with Crippen LogP contribution in [-0.4, -0.2) is 39.7 Å². The van der Waals surface area contributed by atoms with E-state index in [2.05, 4.69) is 5.32 Å². The number of thiophene rings is 1. The number of carbonyl (C=O) groups excluding carboxylic acids is 1. The van der Waals surface area contributed by atoms with Crippen LogP contribution in [0.3, 0.4) is 0 Å². The fraction of sp³-hybridized carbons (Fsp3) is 0.231. The van der Waals surface area contributed by atoms with Gasteiger partial charge >= 0.3 is 12.0 Å². The average molecular weight is 308 g/mol. The van der Waals surface area contributed by atoms with Gasteiger partial charge in [-0.1, -0.05) is 0 Å². The molecule has 2 amide bonds. The van der Waals surface area contributed by atoms with Gasteiger partial charge in [0.2, 0.25) is 0 Å². The van der Waals surface area contributed by atoms with Crippen LogP contribution in [0, 0.1) is 0 Å². The lowest BCUT2D eigenvalue weighted by Gasteiger charge is -2.20. The Bertz CT molecular complexity index is 670. The molecule has 1 aliphatic rings. The third-order valence-corrected chi connectivity index (χ3v) is 5.04. The number of nitrogens with one attached hydrogen (secondary N) is 1. The van der Waals surface area contributed by atoms with Crippen LogP contribution in [0.5, 0.6) is 0 Å². The van der Waals surface area contributed by atoms with Crippen LogP contribution < -0.4 is 5.32 Å². The molecule has 0 aliphatic carbocycles. The fourth-order valence-corrected chi connectivity index (χ4v) is 4.00. The first kappa shape index (κ1) is 13.3. The van der Waals surface area contributed by atoms with Crippen molar-refractivity contribution in [3.63, 3.8) is 0 Å². The molecule has 2 N–H and O–H groups in total. The van der Waals surface area contributed by atoms with Gasteiger partial charge in [0.1, 0.15) is 6.04 Å². The van der Waals surface area contributed by atoms with Crippen molar-refractivity contribution in [1.82, 2.24) is 4.90 Å². The highest BCUT2D eigenvalue weighted by Gasteiger charge is 2.34. The molecule has 2 heterocycles. The lowest BCUT2D eigenvalue weighted by Crippen LogP contribution is -2.43. The molecule has 1 fully saturated rings. The van der Waals surface area contributed by atoms with Crippen molar-refractivity contribution >= 4 is 50.9 Å². The minimum Gasteiger partial charge on any atom is -0.480 e. The van der Waals surface area contributed by atoms with Crippen molar-refractivity contribution in [2.45, 2.75) is 6.04 Å². The number of anilines is 1. The van der Waals surface area contributed by atoms with Crippen LogP contribution >= 0.6 is 23.1 Å². The van der Waals surface area contributed by atoms with Gasteiger partial charge in [0.15, 0.2) is 0 Å². The number of urea groups is 1. The summed E-state index contributed by atoms with van der Waals surface area (Å²) in [7, 11) is 0. The lowest BCUT2D eigenvalue weighted by molar-refractivity contribution is -0.140. The second kappa shape index (κ2) is 5.34. The predicted molar refractivity (Wildman–Crippen MR) is 81.4 cm³/mol. The Morgan fingerprint density at radius 1 is 1.35 bits per heavy atom. The van der Waals surface area contributed by atoms with Crippen LogP contribution in [0.25, 0.3) is 10.1 Å². The molecule has 20 heavy (non-hydrogen) atoms. The second-order valence-electron chi connectivity index (χ2n) is 4.43. The maximum Gasteiger partial charge on any atom is 0.327 e. The number of hydrogen-bond donors (Lipinski definition) is 2. The van der Waals surface area contributed by atoms with E-state index in [1.165, 1.54) is 16.7 Å². The Hall–Kier alpha value is -1.73. The number of fused-ring (bicyclic) bond motifs is 1. The number of rotatable bonds is 2. The molecule has 1 aromatic carbocycles. The van der Waals surface area contributed by atoms with Crippen molar-refractivity contribution in [2.75, 3.05) is 16.9 Å². The maximum atomic E-state index is 12.1. The number of hydrogen-bond acceptors (Lipinski definition) is 4. The molecule has 104 valence electrons. The van der Waals surface area contributed by atoms with Crippen LogP contribution in [-0.2, 0) is 4.79 Å². The first-order valence-corrected chi connectivity index (χ1v) is 8.04. The molecule has 0 unspecified atom stereocenters. The van der Waals surface area contributed by atoms with Gasteiger partial charge in [-0.25, -0.2) is 9.59 Å². The van der Waals surface area contributed by atoms with Crippen LogP contribution in [0.2, 0.25) is 0 Å². The minimum absolute atomic E-state index is 0.364. The molecule has 1 saturated heterocycles. The summed E-state index contributed by atoms with van der Waals surface area (Å²) in [5, 5.41) is 14.9.